The van der Waals surface area contributed by atoms with E-state index >= 15 is 0 Å². The molecule has 0 aliphatic heterocycles. The summed E-state index contributed by atoms with van der Waals surface area (Å²) >= 11 is 0. The topological polar surface area (TPSA) is 9.23 Å². The van der Waals surface area contributed by atoms with Gasteiger partial charge in [-0.25, -0.2) is 0 Å². The Bertz CT molecular complexity index is 235. The number of methoxy groups -OCH3 is 1. The molecule has 2 heteroatoms. The minimum absolute atomic E-state index is 0.965. The molecular weight excluding hydrogens is 167 g/mol. The van der Waals surface area contributed by atoms with E-state index in [-0.39, 0.29) is 0 Å². The van der Waals surface area contributed by atoms with Crippen LogP contribution in [0.4, 0.5) is 0 Å². The van der Waals surface area contributed by atoms with Gasteiger partial charge in [0.15, 0.2) is 0 Å². The number of hydrogen-bond acceptors (Lipinski definition) is 1. The predicted molar refractivity (Wildman–Crippen MR) is 55.8 cm³/mol. The minimum atomic E-state index is 0.965. The fraction of sp³-hybridized carbons (Fsp3) is 0.400. The first-order valence-corrected chi connectivity index (χ1v) is 5.85. The van der Waals surface area contributed by atoms with Gasteiger partial charge in [0, 0.05) is 0 Å². The molecule has 0 aliphatic carbocycles. The fourth-order valence-corrected chi connectivity index (χ4v) is 1.64. The summed E-state index contributed by atoms with van der Waals surface area (Å²) in [5, 5.41) is 0. The van der Waals surface area contributed by atoms with Gasteiger partial charge in [0.2, 0.25) is 0 Å². The number of aryl methyl sites for hydroxylation is 1. The highest BCUT2D eigenvalue weighted by molar-refractivity contribution is 7.36. The van der Waals surface area contributed by atoms with Crippen LogP contribution in [0.1, 0.15) is 5.56 Å². The Labute approximate surface area is 75.9 Å². The highest BCUT2D eigenvalue weighted by Gasteiger charge is 1.94. The van der Waals surface area contributed by atoms with E-state index in [0.29, 0.717) is 0 Å². The largest absolute Gasteiger partial charge is 0.497 e. The smallest absolute Gasteiger partial charge is 0.119 e. The first-order valence-electron chi connectivity index (χ1n) is 4.14. The maximum Gasteiger partial charge on any atom is 0.119 e. The first kappa shape index (κ1) is 9.54. The lowest BCUT2D eigenvalue weighted by Crippen LogP contribution is -1.88. The van der Waals surface area contributed by atoms with Gasteiger partial charge in [-0.05, 0) is 36.9 Å². The molecule has 12 heavy (non-hydrogen) atoms. The second-order valence-corrected chi connectivity index (χ2v) is 3.91. The molecule has 0 radical (unpaired) electrons. The maximum absolute atomic E-state index is 5.14. The Kier molecular flexibility index (Phi) is 4.10. The molecule has 0 amide bonds. The summed E-state index contributed by atoms with van der Waals surface area (Å²) in [6.45, 7) is 2.24. The van der Waals surface area contributed by atoms with Crippen molar-refractivity contribution in [2.24, 2.45) is 0 Å². The monoisotopic (exact) mass is 182 g/mol. The summed E-state index contributed by atoms with van der Waals surface area (Å²) in [6, 6.07) is 8.30. The molecule has 1 atom stereocenters. The molecule has 66 valence electrons. The van der Waals surface area contributed by atoms with Crippen molar-refractivity contribution >= 4 is 8.58 Å². The van der Waals surface area contributed by atoms with Gasteiger partial charge in [-0.15, -0.1) is 8.58 Å². The summed E-state index contributed by atoms with van der Waals surface area (Å²) in [6.07, 6.45) is 2.46. The zero-order valence-electron chi connectivity index (χ0n) is 7.63. The SMILES string of the molecule is COc1cccc(CCPC)c1. The van der Waals surface area contributed by atoms with Crippen molar-refractivity contribution in [3.05, 3.63) is 29.8 Å². The molecule has 1 aromatic carbocycles. The van der Waals surface area contributed by atoms with Crippen molar-refractivity contribution in [2.75, 3.05) is 19.9 Å². The highest BCUT2D eigenvalue weighted by atomic mass is 31.1. The van der Waals surface area contributed by atoms with E-state index in [1.807, 2.05) is 12.1 Å². The normalized spacial score (nSPS) is 10.8. The number of ether oxygens (including phenoxy) is 1. The molecule has 0 aliphatic rings. The minimum Gasteiger partial charge on any atom is -0.497 e. The van der Waals surface area contributed by atoms with Crippen LogP contribution in [0.3, 0.4) is 0 Å². The van der Waals surface area contributed by atoms with Crippen molar-refractivity contribution in [3.8, 4) is 5.75 Å². The van der Waals surface area contributed by atoms with Crippen LogP contribution in [-0.4, -0.2) is 19.9 Å². The van der Waals surface area contributed by atoms with Gasteiger partial charge in [-0.3, -0.25) is 0 Å². The highest BCUT2D eigenvalue weighted by Crippen LogP contribution is 2.15. The summed E-state index contributed by atoms with van der Waals surface area (Å²) in [7, 11) is 2.75. The number of hydrogen-bond donors (Lipinski definition) is 0. The van der Waals surface area contributed by atoms with Crippen molar-refractivity contribution in [2.45, 2.75) is 6.42 Å². The maximum atomic E-state index is 5.14. The average molecular weight is 182 g/mol. The van der Waals surface area contributed by atoms with E-state index in [9.17, 15) is 0 Å². The van der Waals surface area contributed by atoms with E-state index in [4.69, 9.17) is 4.74 Å². The lowest BCUT2D eigenvalue weighted by atomic mass is 10.2. The summed E-state index contributed by atoms with van der Waals surface area (Å²) in [5.74, 6) is 0.965. The van der Waals surface area contributed by atoms with Crippen LogP contribution in [0.25, 0.3) is 0 Å². The van der Waals surface area contributed by atoms with Gasteiger partial charge >= 0.3 is 0 Å². The van der Waals surface area contributed by atoms with E-state index in [2.05, 4.69) is 18.8 Å². The third-order valence-electron chi connectivity index (χ3n) is 1.80. The van der Waals surface area contributed by atoms with Crippen LogP contribution in [0, 0.1) is 0 Å². The van der Waals surface area contributed by atoms with E-state index < -0.39 is 0 Å². The van der Waals surface area contributed by atoms with E-state index in [1.165, 1.54) is 18.1 Å². The van der Waals surface area contributed by atoms with Crippen LogP contribution in [0.5, 0.6) is 5.75 Å². The van der Waals surface area contributed by atoms with Gasteiger partial charge in [0.05, 0.1) is 7.11 Å². The zero-order valence-corrected chi connectivity index (χ0v) is 8.63. The summed E-state index contributed by atoms with van der Waals surface area (Å²) in [4.78, 5) is 0. The summed E-state index contributed by atoms with van der Waals surface area (Å²) in [5.41, 5.74) is 1.38. The fourth-order valence-electron chi connectivity index (χ4n) is 1.10. The Balaban J connectivity index is 2.60. The van der Waals surface area contributed by atoms with Gasteiger partial charge in [-0.1, -0.05) is 12.1 Å². The molecule has 1 nitrogen and oxygen atoms in total. The molecule has 1 unspecified atom stereocenters. The molecule has 0 saturated carbocycles. The summed E-state index contributed by atoms with van der Waals surface area (Å²) < 4.78 is 5.14. The zero-order chi connectivity index (χ0) is 8.81. The van der Waals surface area contributed by atoms with Crippen molar-refractivity contribution in [1.29, 1.82) is 0 Å². The third kappa shape index (κ3) is 2.83. The molecule has 0 N–H and O–H groups in total. The molecular formula is C10H15OP. The third-order valence-corrected chi connectivity index (χ3v) is 2.55. The van der Waals surface area contributed by atoms with Crippen LogP contribution in [0.2, 0.25) is 0 Å². The van der Waals surface area contributed by atoms with Crippen molar-refractivity contribution in [3.63, 3.8) is 0 Å². The standard InChI is InChI=1S/C10H15OP/c1-11-10-5-3-4-9(8-10)6-7-12-2/h3-5,8,12H,6-7H2,1-2H3. The lowest BCUT2D eigenvalue weighted by Gasteiger charge is -2.02. The molecule has 1 aromatic rings. The first-order chi connectivity index (χ1) is 5.86. The van der Waals surface area contributed by atoms with Crippen molar-refractivity contribution in [1.82, 2.24) is 0 Å². The average Bonchev–Trinajstić information content (AvgIpc) is 2.15. The quantitative estimate of drug-likeness (QED) is 0.650. The van der Waals surface area contributed by atoms with Crippen molar-refractivity contribution < 1.29 is 4.74 Å². The molecule has 0 heterocycles. The molecule has 0 spiro atoms. The van der Waals surface area contributed by atoms with Gasteiger partial charge in [-0.2, -0.15) is 0 Å². The molecule has 1 rings (SSSR count). The number of rotatable bonds is 4. The van der Waals surface area contributed by atoms with Crippen LogP contribution < -0.4 is 4.74 Å². The van der Waals surface area contributed by atoms with Gasteiger partial charge in [0.1, 0.15) is 5.75 Å². The van der Waals surface area contributed by atoms with E-state index in [0.717, 1.165) is 14.3 Å². The lowest BCUT2D eigenvalue weighted by molar-refractivity contribution is 0.414. The van der Waals surface area contributed by atoms with Crippen LogP contribution >= 0.6 is 8.58 Å². The Hall–Kier alpha value is -0.550. The van der Waals surface area contributed by atoms with Crippen LogP contribution in [0.15, 0.2) is 24.3 Å². The Morgan fingerprint density at radius 3 is 2.92 bits per heavy atom. The van der Waals surface area contributed by atoms with Crippen LogP contribution in [-0.2, 0) is 6.42 Å². The van der Waals surface area contributed by atoms with Gasteiger partial charge in [0.25, 0.3) is 0 Å². The predicted octanol–water partition coefficient (Wildman–Crippen LogP) is 2.55. The molecule has 0 saturated heterocycles. The molecule has 0 bridgehead atoms. The second kappa shape index (κ2) is 5.16. The Morgan fingerprint density at radius 2 is 2.25 bits per heavy atom. The van der Waals surface area contributed by atoms with E-state index in [1.54, 1.807) is 7.11 Å². The molecule has 0 fully saturated rings. The number of benzene rings is 1. The second-order valence-electron chi connectivity index (χ2n) is 2.71. The van der Waals surface area contributed by atoms with Gasteiger partial charge < -0.3 is 4.74 Å². The molecule has 0 aromatic heterocycles. The Morgan fingerprint density at radius 1 is 1.42 bits per heavy atom.